The number of aryl methyl sites for hydroxylation is 1. The Morgan fingerprint density at radius 3 is 2.68 bits per heavy atom. The van der Waals surface area contributed by atoms with Gasteiger partial charge < -0.3 is 10.0 Å². The maximum absolute atomic E-state index is 13.4. The molecular weight excluding hydrogens is 247 g/mol. The molecule has 2 aromatic rings. The van der Waals surface area contributed by atoms with Gasteiger partial charge in [-0.15, -0.1) is 0 Å². The second-order valence-corrected chi connectivity index (χ2v) is 4.65. The van der Waals surface area contributed by atoms with Crippen molar-refractivity contribution in [3.8, 4) is 0 Å². The van der Waals surface area contributed by atoms with Gasteiger partial charge in [0, 0.05) is 30.7 Å². The Balaban J connectivity index is 2.82. The van der Waals surface area contributed by atoms with E-state index in [-0.39, 0.29) is 12.2 Å². The van der Waals surface area contributed by atoms with E-state index in [0.717, 1.165) is 0 Å². The molecule has 0 atom stereocenters. The van der Waals surface area contributed by atoms with E-state index in [4.69, 9.17) is 5.11 Å². The molecule has 0 unspecified atom stereocenters. The molecule has 100 valence electrons. The number of benzene rings is 1. The summed E-state index contributed by atoms with van der Waals surface area (Å²) in [5, 5.41) is 9.64. The maximum atomic E-state index is 13.4. The topological polar surface area (TPSA) is 53.4 Å². The Morgan fingerprint density at radius 1 is 1.42 bits per heavy atom. The normalized spacial score (nSPS) is 10.7. The van der Waals surface area contributed by atoms with Crippen molar-refractivity contribution in [1.82, 2.24) is 4.98 Å². The van der Waals surface area contributed by atoms with Crippen LogP contribution in [0.3, 0.4) is 0 Å². The average molecular weight is 262 g/mol. The number of hydrogen-bond acceptors (Lipinski definition) is 3. The summed E-state index contributed by atoms with van der Waals surface area (Å²) in [5.41, 5.74) is 2.65. The fourth-order valence-electron chi connectivity index (χ4n) is 2.25. The fraction of sp³-hybridized carbons (Fsp3) is 0.286. The molecule has 0 aliphatic rings. The summed E-state index contributed by atoms with van der Waals surface area (Å²) >= 11 is 0. The van der Waals surface area contributed by atoms with Crippen molar-refractivity contribution in [2.45, 2.75) is 13.3 Å². The monoisotopic (exact) mass is 262 g/mol. The van der Waals surface area contributed by atoms with E-state index in [1.165, 1.54) is 12.1 Å². The van der Waals surface area contributed by atoms with Crippen molar-refractivity contribution in [2.75, 3.05) is 19.0 Å². The number of rotatable bonds is 3. The second kappa shape index (κ2) is 4.84. The van der Waals surface area contributed by atoms with Crippen molar-refractivity contribution in [3.05, 3.63) is 35.3 Å². The third kappa shape index (κ3) is 2.50. The van der Waals surface area contributed by atoms with E-state index in [1.807, 2.05) is 14.1 Å². The van der Waals surface area contributed by atoms with Crippen LogP contribution < -0.4 is 4.90 Å². The number of fused-ring (bicyclic) bond motifs is 1. The first-order valence-corrected chi connectivity index (χ1v) is 5.88. The quantitative estimate of drug-likeness (QED) is 0.922. The summed E-state index contributed by atoms with van der Waals surface area (Å²) in [6.45, 7) is 1.77. The predicted octanol–water partition coefficient (Wildman–Crippen LogP) is 2.38. The molecule has 1 N–H and O–H groups in total. The van der Waals surface area contributed by atoms with E-state index < -0.39 is 5.97 Å². The lowest BCUT2D eigenvalue weighted by Crippen LogP contribution is -2.16. The maximum Gasteiger partial charge on any atom is 0.307 e. The number of aliphatic carboxylic acids is 1. The lowest BCUT2D eigenvalue weighted by Gasteiger charge is -2.21. The molecule has 0 aliphatic heterocycles. The summed E-state index contributed by atoms with van der Waals surface area (Å²) in [7, 11) is 3.62. The number of carboxylic acid groups (broad SMARTS) is 1. The van der Waals surface area contributed by atoms with Gasteiger partial charge in [0.05, 0.1) is 17.6 Å². The van der Waals surface area contributed by atoms with Crippen LogP contribution in [-0.4, -0.2) is 30.2 Å². The number of nitrogens with zero attached hydrogens (tertiary/aromatic N) is 2. The van der Waals surface area contributed by atoms with Crippen LogP contribution in [0.15, 0.2) is 18.2 Å². The molecule has 0 bridgehead atoms. The van der Waals surface area contributed by atoms with Crippen LogP contribution in [0.2, 0.25) is 0 Å². The zero-order valence-corrected chi connectivity index (χ0v) is 11.1. The summed E-state index contributed by atoms with van der Waals surface area (Å²) < 4.78 is 13.4. The van der Waals surface area contributed by atoms with Gasteiger partial charge in [0.1, 0.15) is 5.82 Å². The van der Waals surface area contributed by atoms with Gasteiger partial charge in [0.2, 0.25) is 0 Å². The van der Waals surface area contributed by atoms with E-state index in [1.54, 1.807) is 17.9 Å². The van der Waals surface area contributed by atoms with Crippen molar-refractivity contribution in [2.24, 2.45) is 0 Å². The molecule has 0 amide bonds. The third-order valence-corrected chi connectivity index (χ3v) is 3.00. The van der Waals surface area contributed by atoms with Crippen molar-refractivity contribution in [3.63, 3.8) is 0 Å². The lowest BCUT2D eigenvalue weighted by atomic mass is 10.0. The molecule has 0 aliphatic carbocycles. The SMILES string of the molecule is Cc1nc2ccc(F)cc2c(N(C)C)c1CC(=O)O. The molecule has 1 aromatic heterocycles. The number of aromatic nitrogens is 1. The number of carbonyl (C=O) groups is 1. The number of hydrogen-bond donors (Lipinski definition) is 1. The van der Waals surface area contributed by atoms with Gasteiger partial charge in [0.15, 0.2) is 0 Å². The van der Waals surface area contributed by atoms with E-state index in [2.05, 4.69) is 4.98 Å². The van der Waals surface area contributed by atoms with Crippen LogP contribution in [0.4, 0.5) is 10.1 Å². The molecule has 0 saturated carbocycles. The highest BCUT2D eigenvalue weighted by molar-refractivity contribution is 5.95. The molecule has 5 heteroatoms. The van der Waals surface area contributed by atoms with E-state index in [0.29, 0.717) is 27.8 Å². The highest BCUT2D eigenvalue weighted by Gasteiger charge is 2.17. The minimum atomic E-state index is -0.927. The largest absolute Gasteiger partial charge is 0.481 e. The molecule has 0 fully saturated rings. The Kier molecular flexibility index (Phi) is 3.38. The summed E-state index contributed by atoms with van der Waals surface area (Å²) in [4.78, 5) is 17.1. The minimum absolute atomic E-state index is 0.126. The number of carboxylic acids is 1. The first kappa shape index (κ1) is 13.3. The number of anilines is 1. The molecule has 2 rings (SSSR count). The van der Waals surface area contributed by atoms with Crippen LogP contribution in [0, 0.1) is 12.7 Å². The van der Waals surface area contributed by atoms with Gasteiger partial charge in [-0.1, -0.05) is 0 Å². The minimum Gasteiger partial charge on any atom is -0.481 e. The molecule has 1 heterocycles. The van der Waals surface area contributed by atoms with Crippen LogP contribution in [0.25, 0.3) is 10.9 Å². The van der Waals surface area contributed by atoms with Crippen molar-refractivity contribution < 1.29 is 14.3 Å². The second-order valence-electron chi connectivity index (χ2n) is 4.65. The summed E-state index contributed by atoms with van der Waals surface area (Å²) in [6, 6.07) is 4.35. The smallest absolute Gasteiger partial charge is 0.307 e. The average Bonchev–Trinajstić information content (AvgIpc) is 2.29. The van der Waals surface area contributed by atoms with Crippen LogP contribution in [-0.2, 0) is 11.2 Å². The van der Waals surface area contributed by atoms with Crippen molar-refractivity contribution >= 4 is 22.6 Å². The van der Waals surface area contributed by atoms with Gasteiger partial charge in [0.25, 0.3) is 0 Å². The first-order valence-electron chi connectivity index (χ1n) is 5.88. The molecule has 0 spiro atoms. The van der Waals surface area contributed by atoms with E-state index in [9.17, 15) is 9.18 Å². The van der Waals surface area contributed by atoms with Gasteiger partial charge in [-0.25, -0.2) is 4.39 Å². The van der Waals surface area contributed by atoms with Crippen molar-refractivity contribution in [1.29, 1.82) is 0 Å². The molecule has 1 aromatic carbocycles. The first-order chi connectivity index (χ1) is 8.90. The zero-order valence-electron chi connectivity index (χ0n) is 11.1. The third-order valence-electron chi connectivity index (χ3n) is 3.00. The Bertz CT molecular complexity index is 653. The Hall–Kier alpha value is -2.17. The highest BCUT2D eigenvalue weighted by atomic mass is 19.1. The molecule has 19 heavy (non-hydrogen) atoms. The summed E-state index contributed by atoms with van der Waals surface area (Å²) in [5.74, 6) is -1.29. The highest BCUT2D eigenvalue weighted by Crippen LogP contribution is 2.31. The van der Waals surface area contributed by atoms with Crippen LogP contribution in [0.5, 0.6) is 0 Å². The molecule has 0 saturated heterocycles. The molecule has 4 nitrogen and oxygen atoms in total. The van der Waals surface area contributed by atoms with Gasteiger partial charge >= 0.3 is 5.97 Å². The number of halogens is 1. The number of pyridine rings is 1. The predicted molar refractivity (Wildman–Crippen MR) is 72.1 cm³/mol. The van der Waals surface area contributed by atoms with Crippen LogP contribution >= 0.6 is 0 Å². The van der Waals surface area contributed by atoms with Gasteiger partial charge in [-0.05, 0) is 25.1 Å². The molecular formula is C14H15FN2O2. The Morgan fingerprint density at radius 2 is 2.11 bits per heavy atom. The standard InChI is InChI=1S/C14H15FN2O2/c1-8-10(7-13(18)19)14(17(2)3)11-6-9(15)4-5-12(11)16-8/h4-6H,7H2,1-3H3,(H,18,19). The fourth-order valence-corrected chi connectivity index (χ4v) is 2.25. The van der Waals surface area contributed by atoms with E-state index >= 15 is 0 Å². The lowest BCUT2D eigenvalue weighted by molar-refractivity contribution is -0.136. The molecule has 0 radical (unpaired) electrons. The van der Waals surface area contributed by atoms with Gasteiger partial charge in [-0.3, -0.25) is 9.78 Å². The Labute approximate surface area is 110 Å². The van der Waals surface area contributed by atoms with Gasteiger partial charge in [-0.2, -0.15) is 0 Å². The van der Waals surface area contributed by atoms with Crippen LogP contribution in [0.1, 0.15) is 11.3 Å². The zero-order chi connectivity index (χ0) is 14.2. The summed E-state index contributed by atoms with van der Waals surface area (Å²) in [6.07, 6.45) is -0.126.